The molecular formula is C35H41N5O6. The molecule has 0 bridgehead atoms. The summed E-state index contributed by atoms with van der Waals surface area (Å²) >= 11 is 0. The lowest BCUT2D eigenvalue weighted by Gasteiger charge is -2.28. The van der Waals surface area contributed by atoms with Crippen LogP contribution < -0.4 is 21.7 Å². The van der Waals surface area contributed by atoms with E-state index in [2.05, 4.69) is 20.9 Å². The quantitative estimate of drug-likeness (QED) is 0.106. The van der Waals surface area contributed by atoms with Crippen molar-refractivity contribution < 1.29 is 29.4 Å². The van der Waals surface area contributed by atoms with Gasteiger partial charge < -0.3 is 36.9 Å². The number of para-hydroxylation sites is 1. The van der Waals surface area contributed by atoms with Gasteiger partial charge in [-0.05, 0) is 47.2 Å². The molecule has 4 rings (SSSR count). The molecule has 4 aromatic rings. The Morgan fingerprint density at radius 3 is 2.07 bits per heavy atom. The van der Waals surface area contributed by atoms with E-state index >= 15 is 0 Å². The number of carbonyl (C=O) groups is 4. The molecule has 0 aliphatic carbocycles. The van der Waals surface area contributed by atoms with Gasteiger partial charge in [0.05, 0.1) is 6.04 Å². The predicted molar refractivity (Wildman–Crippen MR) is 175 cm³/mol. The topological polar surface area (TPSA) is 187 Å². The van der Waals surface area contributed by atoms with Gasteiger partial charge in [0.25, 0.3) is 0 Å². The van der Waals surface area contributed by atoms with Gasteiger partial charge in [-0.3, -0.25) is 14.4 Å². The number of phenolic OH excluding ortho intramolecular Hbond substituents is 1. The van der Waals surface area contributed by atoms with E-state index in [0.717, 1.165) is 22.0 Å². The fraction of sp³-hybridized carbons (Fsp3) is 0.314. The van der Waals surface area contributed by atoms with Crippen LogP contribution in [0.5, 0.6) is 5.75 Å². The second-order valence-corrected chi connectivity index (χ2v) is 11.6. The number of aromatic hydroxyl groups is 1. The average molecular weight is 628 g/mol. The largest absolute Gasteiger partial charge is 0.508 e. The molecule has 8 N–H and O–H groups in total. The van der Waals surface area contributed by atoms with E-state index in [1.165, 1.54) is 12.1 Å². The minimum absolute atomic E-state index is 0.0325. The molecule has 11 nitrogen and oxygen atoms in total. The first kappa shape index (κ1) is 33.7. The van der Waals surface area contributed by atoms with Crippen molar-refractivity contribution in [2.24, 2.45) is 11.7 Å². The van der Waals surface area contributed by atoms with Gasteiger partial charge in [-0.2, -0.15) is 0 Å². The summed E-state index contributed by atoms with van der Waals surface area (Å²) in [7, 11) is 0. The highest BCUT2D eigenvalue weighted by molar-refractivity contribution is 5.95. The number of carbonyl (C=O) groups excluding carboxylic acids is 3. The molecule has 0 saturated heterocycles. The third-order valence-corrected chi connectivity index (χ3v) is 8.15. The average Bonchev–Trinajstić information content (AvgIpc) is 3.46. The Morgan fingerprint density at radius 1 is 0.761 bits per heavy atom. The molecule has 3 aromatic carbocycles. The minimum Gasteiger partial charge on any atom is -0.508 e. The summed E-state index contributed by atoms with van der Waals surface area (Å²) in [6.45, 7) is 3.71. The summed E-state index contributed by atoms with van der Waals surface area (Å²) in [6.07, 6.45) is 2.60. The first-order chi connectivity index (χ1) is 22.0. The number of amides is 3. The summed E-state index contributed by atoms with van der Waals surface area (Å²) in [5.74, 6) is -3.30. The maximum Gasteiger partial charge on any atom is 0.326 e. The number of phenols is 1. The van der Waals surface area contributed by atoms with Crippen LogP contribution in [0, 0.1) is 5.92 Å². The van der Waals surface area contributed by atoms with Gasteiger partial charge in [0.2, 0.25) is 17.7 Å². The van der Waals surface area contributed by atoms with Gasteiger partial charge in [0, 0.05) is 29.9 Å². The van der Waals surface area contributed by atoms with Gasteiger partial charge in [0.15, 0.2) is 0 Å². The number of hydrogen-bond donors (Lipinski definition) is 7. The number of benzene rings is 3. The first-order valence-electron chi connectivity index (χ1n) is 15.3. The number of carboxylic acids is 1. The maximum absolute atomic E-state index is 13.8. The van der Waals surface area contributed by atoms with E-state index in [9.17, 15) is 29.4 Å². The predicted octanol–water partition coefficient (Wildman–Crippen LogP) is 2.81. The van der Waals surface area contributed by atoms with E-state index in [1.807, 2.05) is 68.4 Å². The zero-order valence-corrected chi connectivity index (χ0v) is 25.9. The number of carboxylic acid groups (broad SMARTS) is 1. The Hall–Kier alpha value is -5.16. The van der Waals surface area contributed by atoms with Gasteiger partial charge >= 0.3 is 5.97 Å². The number of nitrogens with one attached hydrogen (secondary N) is 4. The number of aliphatic carboxylic acids is 1. The molecule has 1 aromatic heterocycles. The first-order valence-corrected chi connectivity index (χ1v) is 15.3. The van der Waals surface area contributed by atoms with E-state index in [1.54, 1.807) is 18.3 Å². The number of rotatable bonds is 15. The van der Waals surface area contributed by atoms with Crippen molar-refractivity contribution in [3.05, 3.63) is 102 Å². The van der Waals surface area contributed by atoms with Crippen molar-refractivity contribution in [3.8, 4) is 5.75 Å². The van der Waals surface area contributed by atoms with Crippen LogP contribution in [0.1, 0.15) is 37.0 Å². The normalized spacial score (nSPS) is 14.4. The number of aromatic amines is 1. The van der Waals surface area contributed by atoms with Crippen molar-refractivity contribution in [1.82, 2.24) is 20.9 Å². The van der Waals surface area contributed by atoms with Crippen molar-refractivity contribution in [2.45, 2.75) is 63.7 Å². The zero-order valence-electron chi connectivity index (χ0n) is 25.9. The monoisotopic (exact) mass is 627 g/mol. The lowest BCUT2D eigenvalue weighted by Crippen LogP contribution is -2.59. The molecule has 0 spiro atoms. The van der Waals surface area contributed by atoms with Gasteiger partial charge in [-0.15, -0.1) is 0 Å². The van der Waals surface area contributed by atoms with Crippen LogP contribution in [0.4, 0.5) is 0 Å². The summed E-state index contributed by atoms with van der Waals surface area (Å²) < 4.78 is 0. The second-order valence-electron chi connectivity index (χ2n) is 11.6. The lowest BCUT2D eigenvalue weighted by atomic mass is 9.96. The summed E-state index contributed by atoms with van der Waals surface area (Å²) in [6, 6.07) is 18.5. The van der Waals surface area contributed by atoms with Crippen LogP contribution in [-0.4, -0.2) is 63.1 Å². The molecule has 11 heteroatoms. The highest BCUT2D eigenvalue weighted by atomic mass is 16.4. The van der Waals surface area contributed by atoms with Crippen LogP contribution in [-0.2, 0) is 38.4 Å². The van der Waals surface area contributed by atoms with Gasteiger partial charge in [-0.25, -0.2) is 4.79 Å². The molecule has 46 heavy (non-hydrogen) atoms. The smallest absolute Gasteiger partial charge is 0.326 e. The van der Waals surface area contributed by atoms with E-state index in [0.29, 0.717) is 12.0 Å². The second kappa shape index (κ2) is 15.7. The summed E-state index contributed by atoms with van der Waals surface area (Å²) in [5, 5.41) is 28.5. The molecule has 1 heterocycles. The Labute approximate surface area is 267 Å². The summed E-state index contributed by atoms with van der Waals surface area (Å²) in [5.41, 5.74) is 9.27. The van der Waals surface area contributed by atoms with Gasteiger partial charge in [0.1, 0.15) is 23.9 Å². The fourth-order valence-electron chi connectivity index (χ4n) is 5.25. The summed E-state index contributed by atoms with van der Waals surface area (Å²) in [4.78, 5) is 56.0. The third-order valence-electron chi connectivity index (χ3n) is 8.15. The van der Waals surface area contributed by atoms with E-state index < -0.39 is 47.9 Å². The van der Waals surface area contributed by atoms with Crippen LogP contribution in [0.25, 0.3) is 10.9 Å². The Balaban J connectivity index is 1.55. The van der Waals surface area contributed by atoms with Crippen LogP contribution in [0.3, 0.4) is 0 Å². The van der Waals surface area contributed by atoms with Gasteiger partial charge in [-0.1, -0.05) is 80.9 Å². The lowest BCUT2D eigenvalue weighted by molar-refractivity contribution is -0.142. The number of H-pyrrole nitrogens is 1. The zero-order chi connectivity index (χ0) is 33.2. The molecule has 3 amide bonds. The van der Waals surface area contributed by atoms with Crippen molar-refractivity contribution >= 4 is 34.6 Å². The molecule has 242 valence electrons. The van der Waals surface area contributed by atoms with E-state index in [-0.39, 0.29) is 30.9 Å². The molecule has 0 aliphatic heterocycles. The molecule has 5 atom stereocenters. The van der Waals surface area contributed by atoms with Crippen molar-refractivity contribution in [1.29, 1.82) is 0 Å². The Kier molecular flexibility index (Phi) is 11.5. The number of nitrogens with two attached hydrogens (primary N) is 1. The Morgan fingerprint density at radius 2 is 1.39 bits per heavy atom. The fourth-order valence-corrected chi connectivity index (χ4v) is 5.25. The molecule has 0 radical (unpaired) electrons. The molecule has 5 unspecified atom stereocenters. The standard InChI is InChI=1S/C35H41N5O6/c1-3-21(2)31(40-32(42)27(36)17-22-9-5-4-6-10-22)34(44)38-29(19-24-20-37-28-12-8-7-11-26(24)28)33(43)39-30(35(45)46)18-23-13-15-25(41)16-14-23/h4-16,20-21,27,29-31,37,41H,3,17-19,36H2,1-2H3,(H,38,44)(H,39,43)(H,40,42)(H,45,46). The molecule has 0 saturated carbocycles. The van der Waals surface area contributed by atoms with Crippen LogP contribution in [0.2, 0.25) is 0 Å². The SMILES string of the molecule is CCC(C)C(NC(=O)C(N)Cc1ccccc1)C(=O)NC(Cc1c[nH]c2ccccc12)C(=O)NC(Cc1ccc(O)cc1)C(=O)O. The van der Waals surface area contributed by atoms with Crippen LogP contribution in [0.15, 0.2) is 85.1 Å². The van der Waals surface area contributed by atoms with Crippen LogP contribution >= 0.6 is 0 Å². The molecular weight excluding hydrogens is 586 g/mol. The van der Waals surface area contributed by atoms with Crippen molar-refractivity contribution in [3.63, 3.8) is 0 Å². The van der Waals surface area contributed by atoms with E-state index in [4.69, 9.17) is 5.73 Å². The van der Waals surface area contributed by atoms with Crippen molar-refractivity contribution in [2.75, 3.05) is 0 Å². The Bertz CT molecular complexity index is 1640. The number of hydrogen-bond acceptors (Lipinski definition) is 6. The molecule has 0 aliphatic rings. The highest BCUT2D eigenvalue weighted by Crippen LogP contribution is 2.20. The molecule has 0 fully saturated rings. The third kappa shape index (κ3) is 8.95. The maximum atomic E-state index is 13.8. The number of aromatic nitrogens is 1. The number of fused-ring (bicyclic) bond motifs is 1. The minimum atomic E-state index is -1.31. The highest BCUT2D eigenvalue weighted by Gasteiger charge is 2.33.